The number of rotatable bonds is 4. The topological polar surface area (TPSA) is 68.2 Å². The van der Waals surface area contributed by atoms with Crippen molar-refractivity contribution in [1.29, 1.82) is 0 Å². The summed E-state index contributed by atoms with van der Waals surface area (Å²) in [5.74, 6) is 0.573. The third-order valence-electron chi connectivity index (χ3n) is 1.98. The number of aromatic nitrogens is 3. The Bertz CT molecular complexity index is 505. The van der Waals surface area contributed by atoms with E-state index in [1.807, 2.05) is 18.2 Å². The average Bonchev–Trinajstić information content (AvgIpc) is 2.66. The average molecular weight is 238 g/mol. The highest BCUT2D eigenvalue weighted by atomic mass is 35.5. The molecular formula is C10H12ClN5. The number of nitrogens with two attached hydrogens (primary N) is 1. The van der Waals surface area contributed by atoms with Gasteiger partial charge in [-0.05, 0) is 12.1 Å². The molecule has 0 saturated heterocycles. The van der Waals surface area contributed by atoms with Crippen LogP contribution < -0.4 is 11.1 Å². The third kappa shape index (κ3) is 2.50. The lowest BCUT2D eigenvalue weighted by Crippen LogP contribution is -2.01. The van der Waals surface area contributed by atoms with Crippen LogP contribution in [-0.2, 0) is 0 Å². The Balaban J connectivity index is 2.11. The molecule has 2 aromatic heterocycles. The summed E-state index contributed by atoms with van der Waals surface area (Å²) in [7, 11) is 0. The van der Waals surface area contributed by atoms with Crippen LogP contribution in [0.3, 0.4) is 0 Å². The van der Waals surface area contributed by atoms with E-state index in [0.29, 0.717) is 24.1 Å². The molecule has 0 aliphatic carbocycles. The van der Waals surface area contributed by atoms with Crippen LogP contribution >= 0.6 is 11.6 Å². The Morgan fingerprint density at radius 1 is 1.44 bits per heavy atom. The second kappa shape index (κ2) is 4.96. The molecule has 0 amide bonds. The third-order valence-corrected chi connectivity index (χ3v) is 2.20. The van der Waals surface area contributed by atoms with E-state index >= 15 is 0 Å². The van der Waals surface area contributed by atoms with Gasteiger partial charge in [-0.3, -0.25) is 0 Å². The van der Waals surface area contributed by atoms with Gasteiger partial charge in [-0.2, -0.15) is 4.98 Å². The second-order valence-corrected chi connectivity index (χ2v) is 3.61. The Morgan fingerprint density at radius 3 is 3.12 bits per heavy atom. The van der Waals surface area contributed by atoms with Gasteiger partial charge in [0.1, 0.15) is 0 Å². The van der Waals surface area contributed by atoms with Crippen LogP contribution in [0.15, 0.2) is 30.5 Å². The fourth-order valence-corrected chi connectivity index (χ4v) is 1.42. The predicted octanol–water partition coefficient (Wildman–Crippen LogP) is 1.31. The zero-order chi connectivity index (χ0) is 11.4. The van der Waals surface area contributed by atoms with Gasteiger partial charge in [0, 0.05) is 19.3 Å². The quantitative estimate of drug-likeness (QED) is 0.787. The lowest BCUT2D eigenvalue weighted by atomic mass is 10.5. The maximum absolute atomic E-state index is 5.84. The molecule has 16 heavy (non-hydrogen) atoms. The highest BCUT2D eigenvalue weighted by molar-refractivity contribution is 6.30. The molecule has 0 atom stereocenters. The number of nitrogens with zero attached hydrogens (tertiary/aromatic N) is 3. The Morgan fingerprint density at radius 2 is 2.31 bits per heavy atom. The summed E-state index contributed by atoms with van der Waals surface area (Å²) in [4.78, 5) is 4.27. The van der Waals surface area contributed by atoms with Crippen molar-refractivity contribution in [1.82, 2.24) is 14.6 Å². The summed E-state index contributed by atoms with van der Waals surface area (Å²) >= 11 is 5.84. The number of anilines is 1. The van der Waals surface area contributed by atoms with Crippen molar-refractivity contribution in [2.75, 3.05) is 18.4 Å². The zero-order valence-electron chi connectivity index (χ0n) is 8.60. The molecule has 0 fully saturated rings. The molecule has 0 aliphatic heterocycles. The molecule has 84 valence electrons. The van der Waals surface area contributed by atoms with Gasteiger partial charge in [-0.1, -0.05) is 23.8 Å². The van der Waals surface area contributed by atoms with Gasteiger partial charge < -0.3 is 11.1 Å². The van der Waals surface area contributed by atoms with E-state index in [4.69, 9.17) is 17.3 Å². The molecule has 0 bridgehead atoms. The Kier molecular flexibility index (Phi) is 3.38. The first-order valence-electron chi connectivity index (χ1n) is 4.90. The van der Waals surface area contributed by atoms with Crippen molar-refractivity contribution < 1.29 is 0 Å². The van der Waals surface area contributed by atoms with Crippen LogP contribution in [-0.4, -0.2) is 27.7 Å². The van der Waals surface area contributed by atoms with Crippen molar-refractivity contribution in [3.8, 4) is 0 Å². The van der Waals surface area contributed by atoms with E-state index in [1.54, 1.807) is 16.8 Å². The first kappa shape index (κ1) is 10.9. The van der Waals surface area contributed by atoms with Crippen LogP contribution in [0.5, 0.6) is 0 Å². The SMILES string of the molecule is NC/C=C/CNc1nc2ccc(Cl)cn2n1. The molecule has 3 N–H and O–H groups in total. The van der Waals surface area contributed by atoms with E-state index < -0.39 is 0 Å². The van der Waals surface area contributed by atoms with E-state index in [0.717, 1.165) is 5.65 Å². The maximum atomic E-state index is 5.84. The maximum Gasteiger partial charge on any atom is 0.243 e. The van der Waals surface area contributed by atoms with E-state index in [1.165, 1.54) is 0 Å². The Hall–Kier alpha value is -1.59. The molecule has 0 radical (unpaired) electrons. The number of hydrogen-bond acceptors (Lipinski definition) is 4. The number of halogens is 1. The molecule has 0 aliphatic rings. The molecule has 0 spiro atoms. The first-order chi connectivity index (χ1) is 7.79. The van der Waals surface area contributed by atoms with Gasteiger partial charge in [0.2, 0.25) is 5.95 Å². The fourth-order valence-electron chi connectivity index (χ4n) is 1.26. The summed E-state index contributed by atoms with van der Waals surface area (Å²) in [5, 5.41) is 7.91. The summed E-state index contributed by atoms with van der Waals surface area (Å²) < 4.78 is 1.64. The molecule has 2 rings (SSSR count). The minimum atomic E-state index is 0.538. The van der Waals surface area contributed by atoms with Crippen molar-refractivity contribution in [3.63, 3.8) is 0 Å². The largest absolute Gasteiger partial charge is 0.349 e. The lowest BCUT2D eigenvalue weighted by Gasteiger charge is -1.93. The summed E-state index contributed by atoms with van der Waals surface area (Å²) in [6.45, 7) is 1.19. The highest BCUT2D eigenvalue weighted by Gasteiger charge is 2.01. The van der Waals surface area contributed by atoms with Crippen LogP contribution in [0.1, 0.15) is 0 Å². The van der Waals surface area contributed by atoms with Gasteiger partial charge in [-0.15, -0.1) is 5.10 Å². The number of hydrogen-bond donors (Lipinski definition) is 2. The van der Waals surface area contributed by atoms with Gasteiger partial charge in [0.25, 0.3) is 0 Å². The van der Waals surface area contributed by atoms with Gasteiger partial charge in [-0.25, -0.2) is 4.52 Å². The molecule has 0 unspecified atom stereocenters. The van der Waals surface area contributed by atoms with Crippen molar-refractivity contribution in [2.24, 2.45) is 5.73 Å². The predicted molar refractivity (Wildman–Crippen MR) is 64.7 cm³/mol. The van der Waals surface area contributed by atoms with Crippen LogP contribution in [0.4, 0.5) is 5.95 Å². The molecule has 2 aromatic rings. The van der Waals surface area contributed by atoms with E-state index in [9.17, 15) is 0 Å². The minimum Gasteiger partial charge on any atom is -0.349 e. The standard InChI is InChI=1S/C10H12ClN5/c11-8-3-4-9-14-10(15-16(9)7-8)13-6-2-1-5-12/h1-4,7H,5-6,12H2,(H,13,15)/b2-1+. The summed E-state index contributed by atoms with van der Waals surface area (Å²) in [6.07, 6.45) is 5.52. The van der Waals surface area contributed by atoms with Crippen molar-refractivity contribution in [3.05, 3.63) is 35.5 Å². The van der Waals surface area contributed by atoms with Gasteiger partial charge in [0.15, 0.2) is 5.65 Å². The fraction of sp³-hybridized carbons (Fsp3) is 0.200. The van der Waals surface area contributed by atoms with E-state index in [2.05, 4.69) is 15.4 Å². The van der Waals surface area contributed by atoms with Crippen LogP contribution in [0, 0.1) is 0 Å². The van der Waals surface area contributed by atoms with Crippen molar-refractivity contribution in [2.45, 2.75) is 0 Å². The first-order valence-corrected chi connectivity index (χ1v) is 5.28. The summed E-state index contributed by atoms with van der Waals surface area (Å²) in [5.41, 5.74) is 6.08. The smallest absolute Gasteiger partial charge is 0.243 e. The van der Waals surface area contributed by atoms with Crippen molar-refractivity contribution >= 4 is 23.2 Å². The molecular weight excluding hydrogens is 226 g/mol. The minimum absolute atomic E-state index is 0.538. The normalized spacial score (nSPS) is 11.4. The van der Waals surface area contributed by atoms with Crippen LogP contribution in [0.2, 0.25) is 5.02 Å². The molecule has 6 heteroatoms. The molecule has 5 nitrogen and oxygen atoms in total. The van der Waals surface area contributed by atoms with Crippen LogP contribution in [0.25, 0.3) is 5.65 Å². The van der Waals surface area contributed by atoms with E-state index in [-0.39, 0.29) is 0 Å². The molecule has 0 saturated carbocycles. The highest BCUT2D eigenvalue weighted by Crippen LogP contribution is 2.11. The zero-order valence-corrected chi connectivity index (χ0v) is 9.35. The monoisotopic (exact) mass is 237 g/mol. The number of pyridine rings is 1. The van der Waals surface area contributed by atoms with Gasteiger partial charge >= 0.3 is 0 Å². The number of fused-ring (bicyclic) bond motifs is 1. The second-order valence-electron chi connectivity index (χ2n) is 3.17. The number of nitrogens with one attached hydrogen (secondary N) is 1. The Labute approximate surface area is 97.9 Å². The summed E-state index contributed by atoms with van der Waals surface area (Å²) in [6, 6.07) is 3.60. The lowest BCUT2D eigenvalue weighted by molar-refractivity contribution is 0.959. The molecule has 0 aromatic carbocycles. The molecule has 2 heterocycles. The van der Waals surface area contributed by atoms with Gasteiger partial charge in [0.05, 0.1) is 5.02 Å².